The second-order valence-corrected chi connectivity index (χ2v) is 5.48. The van der Waals surface area contributed by atoms with Gasteiger partial charge in [-0.15, -0.1) is 0 Å². The summed E-state index contributed by atoms with van der Waals surface area (Å²) in [7, 11) is -0.865. The Kier molecular flexibility index (Phi) is 4.46. The molecule has 2 atom stereocenters. The quantitative estimate of drug-likeness (QED) is 0.857. The Labute approximate surface area is 98.3 Å². The van der Waals surface area contributed by atoms with Crippen LogP contribution in [-0.2, 0) is 10.8 Å². The number of hydrogen-bond acceptors (Lipinski definition) is 4. The normalized spacial score (nSPS) is 14.6. The highest BCUT2D eigenvalue weighted by Gasteiger charge is 2.08. The molecule has 1 aromatic heterocycles. The second kappa shape index (κ2) is 5.41. The number of hydrogen-bond donors (Lipinski definition) is 2. The molecule has 0 bridgehead atoms. The van der Waals surface area contributed by atoms with E-state index in [1.54, 1.807) is 6.26 Å². The number of halogens is 1. The van der Waals surface area contributed by atoms with E-state index in [2.05, 4.69) is 31.4 Å². The SMILES string of the molecule is CC(CS(C)=O)Nc1cn[nH]c(=O)c1Br. The minimum atomic E-state index is -0.865. The molecule has 1 heterocycles. The molecule has 1 aromatic rings. The fourth-order valence-corrected chi connectivity index (χ4v) is 2.24. The lowest BCUT2D eigenvalue weighted by molar-refractivity contribution is 0.683. The van der Waals surface area contributed by atoms with E-state index in [0.29, 0.717) is 15.9 Å². The Balaban J connectivity index is 2.76. The van der Waals surface area contributed by atoms with Crippen LogP contribution in [0.15, 0.2) is 15.5 Å². The first-order valence-corrected chi connectivity index (χ1v) is 6.82. The minimum absolute atomic E-state index is 0.0238. The van der Waals surface area contributed by atoms with Crippen LogP contribution in [0.2, 0.25) is 0 Å². The first-order chi connectivity index (χ1) is 7.00. The van der Waals surface area contributed by atoms with Crippen LogP contribution >= 0.6 is 15.9 Å². The van der Waals surface area contributed by atoms with Gasteiger partial charge in [0, 0.05) is 28.9 Å². The molecule has 0 amide bonds. The standard InChI is InChI=1S/C8H12BrN3O2S/c1-5(4-15(2)14)11-6-3-10-12-8(13)7(6)9/h3,5H,4H2,1-2H3,(H2,11,12,13). The van der Waals surface area contributed by atoms with Crippen molar-refractivity contribution < 1.29 is 4.21 Å². The predicted molar refractivity (Wildman–Crippen MR) is 64.6 cm³/mol. The second-order valence-electron chi connectivity index (χ2n) is 3.21. The summed E-state index contributed by atoms with van der Waals surface area (Å²) >= 11 is 3.15. The summed E-state index contributed by atoms with van der Waals surface area (Å²) in [4.78, 5) is 11.2. The van der Waals surface area contributed by atoms with Gasteiger partial charge in [-0.05, 0) is 22.9 Å². The Morgan fingerprint density at radius 2 is 2.40 bits per heavy atom. The van der Waals surface area contributed by atoms with Crippen molar-refractivity contribution in [3.8, 4) is 0 Å². The van der Waals surface area contributed by atoms with Gasteiger partial charge in [-0.3, -0.25) is 9.00 Å². The first kappa shape index (κ1) is 12.4. The van der Waals surface area contributed by atoms with E-state index in [9.17, 15) is 9.00 Å². The molecule has 84 valence electrons. The van der Waals surface area contributed by atoms with Crippen molar-refractivity contribution in [3.63, 3.8) is 0 Å². The van der Waals surface area contributed by atoms with Crippen LogP contribution in [0, 0.1) is 0 Å². The van der Waals surface area contributed by atoms with E-state index in [1.807, 2.05) is 6.92 Å². The van der Waals surface area contributed by atoms with E-state index in [-0.39, 0.29) is 11.6 Å². The molecule has 0 aliphatic rings. The van der Waals surface area contributed by atoms with Crippen molar-refractivity contribution in [2.24, 2.45) is 0 Å². The first-order valence-electron chi connectivity index (χ1n) is 4.30. The van der Waals surface area contributed by atoms with Gasteiger partial charge in [-0.1, -0.05) is 0 Å². The molecule has 5 nitrogen and oxygen atoms in total. The summed E-state index contributed by atoms with van der Waals surface area (Å²) in [5.41, 5.74) is 0.321. The number of rotatable bonds is 4. The van der Waals surface area contributed by atoms with Gasteiger partial charge in [0.15, 0.2) is 0 Å². The minimum Gasteiger partial charge on any atom is -0.379 e. The molecule has 0 spiro atoms. The molecule has 1 rings (SSSR count). The van der Waals surface area contributed by atoms with E-state index >= 15 is 0 Å². The monoisotopic (exact) mass is 293 g/mol. The maximum absolute atomic E-state index is 11.2. The predicted octanol–water partition coefficient (Wildman–Crippen LogP) is 0.711. The zero-order valence-electron chi connectivity index (χ0n) is 8.41. The smallest absolute Gasteiger partial charge is 0.280 e. The van der Waals surface area contributed by atoms with Crippen molar-refractivity contribution in [2.45, 2.75) is 13.0 Å². The van der Waals surface area contributed by atoms with Crippen molar-refractivity contribution in [2.75, 3.05) is 17.3 Å². The van der Waals surface area contributed by atoms with Crippen molar-refractivity contribution >= 4 is 32.4 Å². The fraction of sp³-hybridized carbons (Fsp3) is 0.500. The largest absolute Gasteiger partial charge is 0.379 e. The average molecular weight is 294 g/mol. The topological polar surface area (TPSA) is 74.8 Å². The van der Waals surface area contributed by atoms with Crippen LogP contribution in [0.3, 0.4) is 0 Å². The number of anilines is 1. The lowest BCUT2D eigenvalue weighted by Gasteiger charge is -2.13. The van der Waals surface area contributed by atoms with Crippen molar-refractivity contribution in [3.05, 3.63) is 21.0 Å². The molecule has 0 fully saturated rings. The number of H-pyrrole nitrogens is 1. The molecule has 0 saturated heterocycles. The Morgan fingerprint density at radius 3 is 3.00 bits per heavy atom. The lowest BCUT2D eigenvalue weighted by Crippen LogP contribution is -2.24. The van der Waals surface area contributed by atoms with E-state index in [4.69, 9.17) is 0 Å². The van der Waals surface area contributed by atoms with Gasteiger partial charge in [0.1, 0.15) is 4.47 Å². The highest BCUT2D eigenvalue weighted by molar-refractivity contribution is 9.10. The lowest BCUT2D eigenvalue weighted by atomic mass is 10.3. The molecule has 15 heavy (non-hydrogen) atoms. The molecular weight excluding hydrogens is 282 g/mol. The van der Waals surface area contributed by atoms with Crippen molar-refractivity contribution in [1.29, 1.82) is 0 Å². The number of nitrogens with zero attached hydrogens (tertiary/aromatic N) is 1. The van der Waals surface area contributed by atoms with E-state index < -0.39 is 10.8 Å². The summed E-state index contributed by atoms with van der Waals surface area (Å²) in [5.74, 6) is 0.527. The molecule has 0 radical (unpaired) electrons. The average Bonchev–Trinajstić information content (AvgIpc) is 2.11. The summed E-state index contributed by atoms with van der Waals surface area (Å²) in [5, 5.41) is 9.03. The van der Waals surface area contributed by atoms with Crippen molar-refractivity contribution in [1.82, 2.24) is 10.2 Å². The van der Waals surface area contributed by atoms with E-state index in [1.165, 1.54) is 6.20 Å². The zero-order valence-corrected chi connectivity index (χ0v) is 10.8. The summed E-state index contributed by atoms with van der Waals surface area (Å²) in [6.45, 7) is 1.90. The molecule has 0 saturated carbocycles. The third-order valence-corrected chi connectivity index (χ3v) is 3.44. The van der Waals surface area contributed by atoms with Gasteiger partial charge in [-0.2, -0.15) is 5.10 Å². The van der Waals surface area contributed by atoms with Crippen LogP contribution in [0.5, 0.6) is 0 Å². The number of nitrogens with one attached hydrogen (secondary N) is 2. The van der Waals surface area contributed by atoms with Gasteiger partial charge < -0.3 is 5.32 Å². The van der Waals surface area contributed by atoms with Gasteiger partial charge in [0.05, 0.1) is 11.9 Å². The van der Waals surface area contributed by atoms with Gasteiger partial charge >= 0.3 is 0 Å². The van der Waals surface area contributed by atoms with E-state index in [0.717, 1.165) is 0 Å². The van der Waals surface area contributed by atoms with Gasteiger partial charge in [0.25, 0.3) is 5.56 Å². The van der Waals surface area contributed by atoms with Crippen LogP contribution in [0.1, 0.15) is 6.92 Å². The molecule has 0 aromatic carbocycles. The molecule has 0 aliphatic carbocycles. The molecule has 7 heteroatoms. The third kappa shape index (κ3) is 3.75. The maximum Gasteiger partial charge on any atom is 0.280 e. The van der Waals surface area contributed by atoms with Gasteiger partial charge in [0.2, 0.25) is 0 Å². The summed E-state index contributed by atoms with van der Waals surface area (Å²) in [6.07, 6.45) is 3.16. The Morgan fingerprint density at radius 1 is 1.73 bits per heavy atom. The van der Waals surface area contributed by atoms with Crippen LogP contribution in [0.4, 0.5) is 5.69 Å². The fourth-order valence-electron chi connectivity index (χ4n) is 1.14. The molecule has 0 aliphatic heterocycles. The molecule has 2 unspecified atom stereocenters. The van der Waals surface area contributed by atoms with Crippen LogP contribution in [0.25, 0.3) is 0 Å². The van der Waals surface area contributed by atoms with Crippen LogP contribution < -0.4 is 10.9 Å². The zero-order chi connectivity index (χ0) is 11.4. The van der Waals surface area contributed by atoms with Crippen LogP contribution in [-0.4, -0.2) is 32.5 Å². The van der Waals surface area contributed by atoms with Gasteiger partial charge in [-0.25, -0.2) is 5.10 Å². The summed E-state index contributed by atoms with van der Waals surface area (Å²) < 4.78 is 11.4. The highest BCUT2D eigenvalue weighted by Crippen LogP contribution is 2.16. The number of aromatic amines is 1. The Hall–Kier alpha value is -0.690. The molecule has 2 N–H and O–H groups in total. The third-order valence-electron chi connectivity index (χ3n) is 1.68. The number of aromatic nitrogens is 2. The highest BCUT2D eigenvalue weighted by atomic mass is 79.9. The summed E-state index contributed by atoms with van der Waals surface area (Å²) in [6, 6.07) is 0.0238. The Bertz CT molecular complexity index is 421. The maximum atomic E-state index is 11.2. The molecular formula is C8H12BrN3O2S.